The topological polar surface area (TPSA) is 223 Å². The van der Waals surface area contributed by atoms with Crippen LogP contribution in [0.2, 0.25) is 0 Å². The largest absolute Gasteiger partial charge is 0.459 e. The first-order valence-electron chi connectivity index (χ1n) is 20.9. The van der Waals surface area contributed by atoms with Gasteiger partial charge in [-0.05, 0) is 124 Å². The van der Waals surface area contributed by atoms with Crippen molar-refractivity contribution in [3.05, 3.63) is 56.9 Å². The van der Waals surface area contributed by atoms with Crippen LogP contribution in [0.25, 0.3) is 22.3 Å². The number of ether oxygens (including phenoxy) is 3. The summed E-state index contributed by atoms with van der Waals surface area (Å²) in [5.74, 6) is -1.93. The third-order valence-electron chi connectivity index (χ3n) is 10.9. The summed E-state index contributed by atoms with van der Waals surface area (Å²) in [4.78, 5) is 69.9. The van der Waals surface area contributed by atoms with Crippen LogP contribution >= 0.6 is 7.75 Å². The Balaban J connectivity index is 1.28. The molecule has 2 aromatic heterocycles. The molecule has 3 aromatic rings. The minimum absolute atomic E-state index is 0.0202. The molecule has 6 rings (SSSR count). The zero-order valence-corrected chi connectivity index (χ0v) is 37.4. The van der Waals surface area contributed by atoms with E-state index >= 15 is 0 Å². The Labute approximate surface area is 355 Å². The molecule has 332 valence electrons. The standard InChI is InChI=1S/C43H58N5O12P/c1-11-28-29-19-27(17-18-33(29)46-35-30(28)21-48-34(35)20-32-31(37(48)50)22-56-39(52)43(32,54)12-2)60-61(55,47-23(3)36(49)44-24(4)38(51)57-41(5,6)7)59-26-15-13-25(14-16-26)45-40(53)58-42(8,9)10/h17-20,23-26,54H,11-16,21-22H2,1-10H3,(H,44,49)(H,45,53)(H,47,55)/t23?,24?,25?,26?,43-,61?/m0/s1. The molecular weight excluding hydrogens is 809 g/mol. The molecular formula is C43H58N5O12P. The van der Waals surface area contributed by atoms with Crippen LogP contribution in [0.5, 0.6) is 5.75 Å². The second kappa shape index (κ2) is 17.1. The molecule has 2 aliphatic heterocycles. The van der Waals surface area contributed by atoms with E-state index in [1.165, 1.54) is 13.8 Å². The summed E-state index contributed by atoms with van der Waals surface area (Å²) < 4.78 is 44.9. The van der Waals surface area contributed by atoms with Crippen LogP contribution in [0, 0.1) is 0 Å². The highest BCUT2D eigenvalue weighted by Gasteiger charge is 2.46. The van der Waals surface area contributed by atoms with Crippen molar-refractivity contribution < 1.29 is 52.1 Å². The van der Waals surface area contributed by atoms with Crippen LogP contribution in [0.4, 0.5) is 4.79 Å². The van der Waals surface area contributed by atoms with Crippen molar-refractivity contribution in [3.63, 3.8) is 0 Å². The normalized spacial score (nSPS) is 21.8. The second-order valence-electron chi connectivity index (χ2n) is 18.0. The fraction of sp³-hybridized carbons (Fsp3) is 0.581. The minimum Gasteiger partial charge on any atom is -0.458 e. The molecule has 1 fully saturated rings. The van der Waals surface area contributed by atoms with Gasteiger partial charge in [0, 0.05) is 22.6 Å². The van der Waals surface area contributed by atoms with Crippen molar-refractivity contribution in [1.29, 1.82) is 0 Å². The summed E-state index contributed by atoms with van der Waals surface area (Å²) in [5, 5.41) is 20.2. The zero-order chi connectivity index (χ0) is 44.8. The molecule has 17 nitrogen and oxygen atoms in total. The van der Waals surface area contributed by atoms with Gasteiger partial charge in [-0.2, -0.15) is 5.09 Å². The molecule has 61 heavy (non-hydrogen) atoms. The smallest absolute Gasteiger partial charge is 0.458 e. The lowest BCUT2D eigenvalue weighted by Gasteiger charge is -2.32. The number of cyclic esters (lactones) is 1. The molecule has 0 spiro atoms. The number of hydrogen-bond donors (Lipinski definition) is 4. The fourth-order valence-corrected chi connectivity index (χ4v) is 9.63. The maximum absolute atomic E-state index is 14.9. The number of alkyl carbamates (subject to hydrolysis) is 1. The van der Waals surface area contributed by atoms with Gasteiger partial charge in [0.25, 0.3) is 5.56 Å². The number of carbonyl (C=O) groups is 4. The second-order valence-corrected chi connectivity index (χ2v) is 19.6. The number of aromatic nitrogens is 2. The highest BCUT2D eigenvalue weighted by atomic mass is 31.2. The van der Waals surface area contributed by atoms with E-state index in [1.807, 2.05) is 6.92 Å². The number of amides is 2. The summed E-state index contributed by atoms with van der Waals surface area (Å²) in [6.45, 7) is 17.0. The van der Waals surface area contributed by atoms with Crippen LogP contribution in [0.1, 0.15) is 124 Å². The first-order chi connectivity index (χ1) is 28.4. The number of esters is 2. The summed E-state index contributed by atoms with van der Waals surface area (Å²) >= 11 is 0. The van der Waals surface area contributed by atoms with Gasteiger partial charge < -0.3 is 39.0 Å². The predicted molar refractivity (Wildman–Crippen MR) is 225 cm³/mol. The van der Waals surface area contributed by atoms with Crippen LogP contribution in [-0.2, 0) is 62.9 Å². The van der Waals surface area contributed by atoms with E-state index in [9.17, 15) is 33.6 Å². The lowest BCUT2D eigenvalue weighted by molar-refractivity contribution is -0.172. The Kier molecular flexibility index (Phi) is 12.8. The molecule has 3 unspecified atom stereocenters. The SMILES string of the molecule is CCc1c2c(nc3ccc(OP(=O)(NC(C)C(=O)NC(C)C(=O)OC(C)(C)C)OC4CCC(NC(=O)OC(C)(C)C)CC4)cc13)-c1cc3c(c(=O)n1C2)COC(=O)[C@]3(O)CC. The van der Waals surface area contributed by atoms with Crippen molar-refractivity contribution in [2.75, 3.05) is 0 Å². The van der Waals surface area contributed by atoms with E-state index in [0.717, 1.165) is 11.1 Å². The number of aliphatic hydroxyl groups is 1. The number of nitrogens with one attached hydrogen (secondary N) is 3. The number of benzene rings is 1. The van der Waals surface area contributed by atoms with Gasteiger partial charge in [-0.25, -0.2) is 23.9 Å². The molecule has 0 saturated heterocycles. The average molecular weight is 868 g/mol. The van der Waals surface area contributed by atoms with E-state index in [4.69, 9.17) is 28.2 Å². The van der Waals surface area contributed by atoms with Gasteiger partial charge in [0.15, 0.2) is 5.60 Å². The predicted octanol–water partition coefficient (Wildman–Crippen LogP) is 5.81. The summed E-state index contributed by atoms with van der Waals surface area (Å²) in [6.07, 6.45) is 1.29. The van der Waals surface area contributed by atoms with E-state index in [1.54, 1.807) is 77.3 Å². The first-order valence-corrected chi connectivity index (χ1v) is 22.4. The lowest BCUT2D eigenvalue weighted by atomic mass is 9.86. The highest BCUT2D eigenvalue weighted by molar-refractivity contribution is 7.52. The molecule has 2 amide bonds. The molecule has 4 heterocycles. The van der Waals surface area contributed by atoms with Crippen LogP contribution in [0.15, 0.2) is 29.1 Å². The van der Waals surface area contributed by atoms with Crippen molar-refractivity contribution >= 4 is 42.6 Å². The monoisotopic (exact) mass is 867 g/mol. The number of fused-ring (bicyclic) bond motifs is 5. The number of hydrogen-bond acceptors (Lipinski definition) is 13. The van der Waals surface area contributed by atoms with Crippen molar-refractivity contribution in [1.82, 2.24) is 25.3 Å². The zero-order valence-electron chi connectivity index (χ0n) is 36.6. The number of nitrogens with zero attached hydrogens (tertiary/aromatic N) is 2. The summed E-state index contributed by atoms with van der Waals surface area (Å²) in [5.41, 5.74) is -0.128. The van der Waals surface area contributed by atoms with Gasteiger partial charge in [-0.15, -0.1) is 0 Å². The van der Waals surface area contributed by atoms with Crippen LogP contribution in [0.3, 0.4) is 0 Å². The molecule has 1 aliphatic carbocycles. The molecule has 18 heteroatoms. The molecule has 1 aromatic carbocycles. The number of rotatable bonds is 12. The molecule has 1 saturated carbocycles. The Morgan fingerprint density at radius 2 is 1.66 bits per heavy atom. The van der Waals surface area contributed by atoms with E-state index in [0.29, 0.717) is 54.4 Å². The van der Waals surface area contributed by atoms with Gasteiger partial charge in [0.1, 0.15) is 29.6 Å². The summed E-state index contributed by atoms with van der Waals surface area (Å²) in [7, 11) is -4.37. The minimum atomic E-state index is -4.37. The van der Waals surface area contributed by atoms with E-state index < -0.39 is 66.7 Å². The number of aryl methyl sites for hydroxylation is 1. The molecule has 4 N–H and O–H groups in total. The number of pyridine rings is 2. The molecule has 4 atom stereocenters. The van der Waals surface area contributed by atoms with Gasteiger partial charge in [-0.1, -0.05) is 13.8 Å². The Hall–Kier alpha value is -4.83. The number of carbonyl (C=O) groups excluding carboxylic acids is 4. The van der Waals surface area contributed by atoms with Gasteiger partial charge in [0.2, 0.25) is 5.91 Å². The van der Waals surface area contributed by atoms with Crippen molar-refractivity contribution in [2.45, 2.75) is 162 Å². The third kappa shape index (κ3) is 9.95. The van der Waals surface area contributed by atoms with Crippen molar-refractivity contribution in [2.24, 2.45) is 0 Å². The van der Waals surface area contributed by atoms with Gasteiger partial charge in [-0.3, -0.25) is 14.1 Å². The van der Waals surface area contributed by atoms with Gasteiger partial charge in [0.05, 0.1) is 41.2 Å². The van der Waals surface area contributed by atoms with E-state index in [-0.39, 0.29) is 48.0 Å². The maximum atomic E-state index is 14.9. The van der Waals surface area contributed by atoms with Crippen molar-refractivity contribution in [3.8, 4) is 17.1 Å². The van der Waals surface area contributed by atoms with Crippen LogP contribution < -0.4 is 25.8 Å². The van der Waals surface area contributed by atoms with E-state index in [2.05, 4.69) is 15.7 Å². The molecule has 3 aliphatic rings. The lowest BCUT2D eigenvalue weighted by Crippen LogP contribution is -2.49. The fourth-order valence-electron chi connectivity index (χ4n) is 7.88. The summed E-state index contributed by atoms with van der Waals surface area (Å²) in [6, 6.07) is 4.27. The Bertz CT molecular complexity index is 2340. The molecule has 0 radical (unpaired) electrons. The Morgan fingerprint density at radius 1 is 0.984 bits per heavy atom. The average Bonchev–Trinajstić information content (AvgIpc) is 3.53. The maximum Gasteiger partial charge on any atom is 0.459 e. The first kappa shape index (κ1) is 45.7. The highest BCUT2D eigenvalue weighted by Crippen LogP contribution is 2.49. The third-order valence-corrected chi connectivity index (χ3v) is 12.6. The van der Waals surface area contributed by atoms with Crippen LogP contribution in [-0.4, -0.2) is 74.0 Å². The van der Waals surface area contributed by atoms with Gasteiger partial charge >= 0.3 is 25.8 Å². The quantitative estimate of drug-likeness (QED) is 0.0751. The Morgan fingerprint density at radius 3 is 2.28 bits per heavy atom. The molecule has 0 bridgehead atoms.